The zero-order valence-corrected chi connectivity index (χ0v) is 16.4. The van der Waals surface area contributed by atoms with Crippen LogP contribution in [-0.2, 0) is 17.8 Å². The third-order valence-corrected chi connectivity index (χ3v) is 4.60. The summed E-state index contributed by atoms with van der Waals surface area (Å²) in [5.41, 5.74) is 0.507. The van der Waals surface area contributed by atoms with Crippen LogP contribution in [0.2, 0.25) is 0 Å². The molecule has 0 saturated carbocycles. The first kappa shape index (κ1) is 20.0. The third kappa shape index (κ3) is 5.14. The number of methoxy groups -OCH3 is 1. The van der Waals surface area contributed by atoms with Crippen LogP contribution in [0.4, 0.5) is 5.13 Å². The first-order chi connectivity index (χ1) is 14.1. The highest BCUT2D eigenvalue weighted by atomic mass is 32.1. The summed E-state index contributed by atoms with van der Waals surface area (Å²) < 4.78 is 15.6. The molecule has 0 aliphatic carbocycles. The zero-order valence-electron chi connectivity index (χ0n) is 15.6. The number of nitrogens with one attached hydrogen (secondary N) is 1. The lowest BCUT2D eigenvalue weighted by atomic mass is 10.1. The fourth-order valence-electron chi connectivity index (χ4n) is 2.22. The van der Waals surface area contributed by atoms with Crippen molar-refractivity contribution in [3.63, 3.8) is 0 Å². The van der Waals surface area contributed by atoms with E-state index in [9.17, 15) is 10.1 Å². The van der Waals surface area contributed by atoms with Crippen LogP contribution in [0, 0.1) is 11.3 Å². The lowest BCUT2D eigenvalue weighted by Crippen LogP contribution is -2.13. The van der Waals surface area contributed by atoms with Crippen LogP contribution in [0.1, 0.15) is 23.3 Å². The number of anilines is 1. The summed E-state index contributed by atoms with van der Waals surface area (Å²) >= 11 is 1.26. The summed E-state index contributed by atoms with van der Waals surface area (Å²) in [5.74, 6) is 0.708. The summed E-state index contributed by atoms with van der Waals surface area (Å²) in [4.78, 5) is 16.2. The Hall–Kier alpha value is -3.78. The molecule has 0 fully saturated rings. The first-order valence-corrected chi connectivity index (χ1v) is 9.26. The van der Waals surface area contributed by atoms with Crippen molar-refractivity contribution in [2.45, 2.75) is 20.0 Å². The fraction of sp³-hybridized carbons (Fsp3) is 0.222. The molecule has 0 radical (unpaired) electrons. The Morgan fingerprint density at radius 2 is 2.24 bits per heavy atom. The summed E-state index contributed by atoms with van der Waals surface area (Å²) in [6, 6.07) is 6.90. The molecule has 1 aromatic carbocycles. The van der Waals surface area contributed by atoms with Gasteiger partial charge in [0.15, 0.2) is 18.1 Å². The molecule has 2 heterocycles. The number of aryl methyl sites for hydroxylation is 1. The monoisotopic (exact) mass is 412 g/mol. The molecular formula is C18H16N6O4S. The van der Waals surface area contributed by atoms with Gasteiger partial charge in [0.05, 0.1) is 7.11 Å². The number of amides is 1. The van der Waals surface area contributed by atoms with E-state index in [1.165, 1.54) is 30.9 Å². The molecule has 148 valence electrons. The Kier molecular flexibility index (Phi) is 6.49. The highest BCUT2D eigenvalue weighted by Crippen LogP contribution is 2.29. The average molecular weight is 412 g/mol. The van der Waals surface area contributed by atoms with E-state index in [1.807, 2.05) is 13.0 Å². The minimum atomic E-state index is -0.567. The number of rotatable bonds is 8. The summed E-state index contributed by atoms with van der Waals surface area (Å²) in [5, 5.41) is 24.6. The van der Waals surface area contributed by atoms with Gasteiger partial charge in [0.2, 0.25) is 17.3 Å². The predicted molar refractivity (Wildman–Crippen MR) is 103 cm³/mol. The molecule has 0 atom stereocenters. The van der Waals surface area contributed by atoms with Crippen molar-refractivity contribution in [3.05, 3.63) is 46.6 Å². The maximum absolute atomic E-state index is 12.4. The van der Waals surface area contributed by atoms with Gasteiger partial charge in [-0.3, -0.25) is 10.1 Å². The third-order valence-electron chi connectivity index (χ3n) is 3.62. The highest BCUT2D eigenvalue weighted by molar-refractivity contribution is 7.15. The number of benzene rings is 1. The minimum Gasteiger partial charge on any atom is -0.493 e. The molecule has 1 amide bonds. The number of nitrogens with zero attached hydrogens (tertiary/aromatic N) is 5. The molecule has 0 saturated heterocycles. The van der Waals surface area contributed by atoms with Gasteiger partial charge in [0.1, 0.15) is 16.6 Å². The number of carbonyl (C=O) groups is 1. The van der Waals surface area contributed by atoms with Crippen molar-refractivity contribution < 1.29 is 18.8 Å². The Labute approximate surface area is 169 Å². The number of aromatic nitrogens is 4. The summed E-state index contributed by atoms with van der Waals surface area (Å²) in [6.07, 6.45) is 3.38. The molecule has 3 rings (SSSR count). The van der Waals surface area contributed by atoms with Gasteiger partial charge >= 0.3 is 0 Å². The van der Waals surface area contributed by atoms with Crippen LogP contribution in [0.25, 0.3) is 6.08 Å². The minimum absolute atomic E-state index is 0.0826. The van der Waals surface area contributed by atoms with E-state index in [0.29, 0.717) is 28.0 Å². The van der Waals surface area contributed by atoms with Gasteiger partial charge in [0, 0.05) is 0 Å². The van der Waals surface area contributed by atoms with Gasteiger partial charge in [-0.25, -0.2) is 0 Å². The van der Waals surface area contributed by atoms with E-state index in [0.717, 1.165) is 11.4 Å². The van der Waals surface area contributed by atoms with Crippen molar-refractivity contribution in [1.29, 1.82) is 5.26 Å². The maximum atomic E-state index is 12.4. The molecule has 0 aliphatic heterocycles. The zero-order chi connectivity index (χ0) is 20.6. The van der Waals surface area contributed by atoms with E-state index in [1.54, 1.807) is 18.2 Å². The highest BCUT2D eigenvalue weighted by Gasteiger charge is 2.14. The van der Waals surface area contributed by atoms with Crippen molar-refractivity contribution in [3.8, 4) is 17.6 Å². The second kappa shape index (κ2) is 9.43. The standard InChI is InChI=1S/C18H16N6O4S/c1-3-16-22-23-18(29-16)21-17(25)12(8-19)6-11-4-5-13(14(7-11)26-2)27-9-15-20-10-28-24-15/h4-7,10H,3,9H2,1-2H3,(H,21,23,25). The topological polar surface area (TPSA) is 136 Å². The lowest BCUT2D eigenvalue weighted by molar-refractivity contribution is -0.112. The Bertz CT molecular complexity index is 1050. The predicted octanol–water partition coefficient (Wildman–Crippen LogP) is 2.62. The van der Waals surface area contributed by atoms with Crippen molar-refractivity contribution in [2.75, 3.05) is 12.4 Å². The average Bonchev–Trinajstić information content (AvgIpc) is 3.42. The fourth-order valence-corrected chi connectivity index (χ4v) is 2.89. The summed E-state index contributed by atoms with van der Waals surface area (Å²) in [7, 11) is 1.49. The van der Waals surface area contributed by atoms with Crippen LogP contribution in [0.5, 0.6) is 11.5 Å². The maximum Gasteiger partial charge on any atom is 0.268 e. The van der Waals surface area contributed by atoms with E-state index < -0.39 is 5.91 Å². The molecule has 0 bridgehead atoms. The Balaban J connectivity index is 1.74. The second-order valence-electron chi connectivity index (χ2n) is 5.52. The van der Waals surface area contributed by atoms with Crippen molar-refractivity contribution in [2.24, 2.45) is 0 Å². The number of nitriles is 1. The van der Waals surface area contributed by atoms with Gasteiger partial charge in [0.25, 0.3) is 5.91 Å². The van der Waals surface area contributed by atoms with E-state index in [-0.39, 0.29) is 12.2 Å². The van der Waals surface area contributed by atoms with Crippen LogP contribution in [0.15, 0.2) is 34.7 Å². The van der Waals surface area contributed by atoms with Crippen LogP contribution >= 0.6 is 11.3 Å². The second-order valence-corrected chi connectivity index (χ2v) is 6.59. The molecule has 3 aromatic rings. The quantitative estimate of drug-likeness (QED) is 0.437. The van der Waals surface area contributed by atoms with Crippen LogP contribution < -0.4 is 14.8 Å². The SMILES string of the molecule is CCc1nnc(NC(=O)C(C#N)=Cc2ccc(OCc3ncon3)c(OC)c2)s1. The molecule has 11 heteroatoms. The largest absolute Gasteiger partial charge is 0.493 e. The molecule has 0 unspecified atom stereocenters. The van der Waals surface area contributed by atoms with Crippen LogP contribution in [-0.4, -0.2) is 33.4 Å². The Morgan fingerprint density at radius 3 is 2.90 bits per heavy atom. The first-order valence-electron chi connectivity index (χ1n) is 8.44. The van der Waals surface area contributed by atoms with Crippen molar-refractivity contribution >= 4 is 28.5 Å². The van der Waals surface area contributed by atoms with Crippen LogP contribution in [0.3, 0.4) is 0 Å². The molecule has 1 N–H and O–H groups in total. The molecule has 29 heavy (non-hydrogen) atoms. The number of hydrogen-bond acceptors (Lipinski definition) is 10. The number of ether oxygens (including phenoxy) is 2. The van der Waals surface area contributed by atoms with Gasteiger partial charge in [-0.2, -0.15) is 10.2 Å². The van der Waals surface area contributed by atoms with Gasteiger partial charge in [-0.15, -0.1) is 10.2 Å². The smallest absolute Gasteiger partial charge is 0.268 e. The molecular weight excluding hydrogens is 396 g/mol. The number of carbonyl (C=O) groups excluding carboxylic acids is 1. The molecule has 0 aliphatic rings. The van der Waals surface area contributed by atoms with E-state index in [2.05, 4.69) is 30.2 Å². The van der Waals surface area contributed by atoms with Gasteiger partial charge in [-0.05, 0) is 30.2 Å². The van der Waals surface area contributed by atoms with Crippen molar-refractivity contribution in [1.82, 2.24) is 20.3 Å². The van der Waals surface area contributed by atoms with E-state index in [4.69, 9.17) is 9.47 Å². The number of hydrogen-bond donors (Lipinski definition) is 1. The molecule has 2 aromatic heterocycles. The van der Waals surface area contributed by atoms with Gasteiger partial charge in [-0.1, -0.05) is 29.5 Å². The summed E-state index contributed by atoms with van der Waals surface area (Å²) in [6.45, 7) is 2.05. The van der Waals surface area contributed by atoms with E-state index >= 15 is 0 Å². The Morgan fingerprint density at radius 1 is 1.38 bits per heavy atom. The lowest BCUT2D eigenvalue weighted by Gasteiger charge is -2.10. The normalized spacial score (nSPS) is 11.0. The van der Waals surface area contributed by atoms with Gasteiger partial charge < -0.3 is 14.0 Å². The molecule has 10 nitrogen and oxygen atoms in total. The molecule has 0 spiro atoms.